The van der Waals surface area contributed by atoms with Gasteiger partial charge in [-0.05, 0) is 34.7 Å². The topological polar surface area (TPSA) is 68.5 Å². The van der Waals surface area contributed by atoms with Gasteiger partial charge in [-0.25, -0.2) is 9.50 Å². The molecule has 2 aromatic rings. The maximum atomic E-state index is 11.2. The second-order valence-corrected chi connectivity index (χ2v) is 4.17. The van der Waals surface area contributed by atoms with Crippen LogP contribution >= 0.6 is 22.6 Å². The molecule has 0 radical (unpaired) electrons. The molecular formula is C9H9IN4O2. The number of rotatable bonds is 3. The van der Waals surface area contributed by atoms with E-state index in [0.29, 0.717) is 11.5 Å². The molecule has 2 aromatic heterocycles. The number of amides is 1. The van der Waals surface area contributed by atoms with Crippen molar-refractivity contribution in [3.05, 3.63) is 22.0 Å². The number of halogens is 1. The maximum Gasteiger partial charge on any atom is 0.251 e. The molecule has 0 aliphatic heterocycles. The van der Waals surface area contributed by atoms with E-state index in [-0.39, 0.29) is 12.5 Å². The van der Waals surface area contributed by atoms with E-state index in [4.69, 9.17) is 4.74 Å². The molecule has 6 nitrogen and oxygen atoms in total. The standard InChI is InChI=1S/C9H9IN4O2/c1-16-5-9(15)12-7-4-14-8(11-7)3-2-6(10)13-14/h2-4H,5H2,1H3,(H,12,15). The lowest BCUT2D eigenvalue weighted by atomic mass is 10.6. The molecule has 0 unspecified atom stereocenters. The third-order valence-corrected chi connectivity index (χ3v) is 2.41. The van der Waals surface area contributed by atoms with Crippen LogP contribution in [0.2, 0.25) is 0 Å². The quantitative estimate of drug-likeness (QED) is 0.849. The van der Waals surface area contributed by atoms with Crippen molar-refractivity contribution in [1.82, 2.24) is 14.6 Å². The fraction of sp³-hybridized carbons (Fsp3) is 0.222. The Morgan fingerprint density at radius 2 is 2.44 bits per heavy atom. The smallest absolute Gasteiger partial charge is 0.251 e. The number of nitrogens with zero attached hydrogens (tertiary/aromatic N) is 3. The van der Waals surface area contributed by atoms with Crippen molar-refractivity contribution in [2.24, 2.45) is 0 Å². The molecule has 16 heavy (non-hydrogen) atoms. The highest BCUT2D eigenvalue weighted by molar-refractivity contribution is 14.1. The Morgan fingerprint density at radius 1 is 1.62 bits per heavy atom. The molecule has 2 rings (SSSR count). The maximum absolute atomic E-state index is 11.2. The van der Waals surface area contributed by atoms with Crippen LogP contribution in [-0.4, -0.2) is 34.2 Å². The number of nitrogens with one attached hydrogen (secondary N) is 1. The zero-order valence-electron chi connectivity index (χ0n) is 8.48. The Hall–Kier alpha value is -1.22. The number of methoxy groups -OCH3 is 1. The number of aromatic nitrogens is 3. The molecule has 0 bridgehead atoms. The summed E-state index contributed by atoms with van der Waals surface area (Å²) in [5.41, 5.74) is 0.688. The van der Waals surface area contributed by atoms with Gasteiger partial charge in [0.15, 0.2) is 11.5 Å². The molecule has 84 valence electrons. The van der Waals surface area contributed by atoms with Crippen molar-refractivity contribution in [3.8, 4) is 0 Å². The predicted molar refractivity (Wildman–Crippen MR) is 66.2 cm³/mol. The van der Waals surface area contributed by atoms with Gasteiger partial charge in [-0.2, -0.15) is 5.10 Å². The van der Waals surface area contributed by atoms with Gasteiger partial charge in [0.1, 0.15) is 10.3 Å². The van der Waals surface area contributed by atoms with E-state index >= 15 is 0 Å². The Bertz CT molecular complexity index is 525. The number of anilines is 1. The highest BCUT2D eigenvalue weighted by Gasteiger charge is 2.06. The van der Waals surface area contributed by atoms with Crippen LogP contribution in [0.4, 0.5) is 5.82 Å². The van der Waals surface area contributed by atoms with Crippen molar-refractivity contribution in [2.75, 3.05) is 19.0 Å². The van der Waals surface area contributed by atoms with Crippen LogP contribution in [0.1, 0.15) is 0 Å². The fourth-order valence-corrected chi connectivity index (χ4v) is 1.64. The van der Waals surface area contributed by atoms with Crippen molar-refractivity contribution in [3.63, 3.8) is 0 Å². The molecular weight excluding hydrogens is 323 g/mol. The van der Waals surface area contributed by atoms with Crippen LogP contribution in [0.15, 0.2) is 18.3 Å². The summed E-state index contributed by atoms with van der Waals surface area (Å²) in [6, 6.07) is 3.68. The number of carbonyl (C=O) groups excluding carboxylic acids is 1. The fourth-order valence-electron chi connectivity index (χ4n) is 1.23. The second-order valence-electron chi connectivity index (χ2n) is 3.07. The van der Waals surface area contributed by atoms with Crippen molar-refractivity contribution in [1.29, 1.82) is 0 Å². The van der Waals surface area contributed by atoms with Gasteiger partial charge in [0.05, 0.1) is 6.20 Å². The Morgan fingerprint density at radius 3 is 3.19 bits per heavy atom. The second kappa shape index (κ2) is 4.74. The van der Waals surface area contributed by atoms with Gasteiger partial charge in [-0.15, -0.1) is 0 Å². The largest absolute Gasteiger partial charge is 0.375 e. The van der Waals surface area contributed by atoms with Crippen LogP contribution in [0.3, 0.4) is 0 Å². The highest BCUT2D eigenvalue weighted by atomic mass is 127. The minimum absolute atomic E-state index is 0.0127. The Kier molecular flexibility index (Phi) is 3.34. The lowest BCUT2D eigenvalue weighted by Gasteiger charge is -1.98. The van der Waals surface area contributed by atoms with Gasteiger partial charge < -0.3 is 10.1 Å². The van der Waals surface area contributed by atoms with Crippen molar-refractivity contribution in [2.45, 2.75) is 0 Å². The normalized spacial score (nSPS) is 10.6. The van der Waals surface area contributed by atoms with Gasteiger partial charge in [0.2, 0.25) is 0 Å². The molecule has 0 fully saturated rings. The number of hydrogen-bond donors (Lipinski definition) is 1. The first kappa shape index (κ1) is 11.3. The van der Waals surface area contributed by atoms with Gasteiger partial charge >= 0.3 is 0 Å². The molecule has 0 aliphatic carbocycles. The summed E-state index contributed by atoms with van der Waals surface area (Å²) in [6.07, 6.45) is 1.66. The van der Waals surface area contributed by atoms with E-state index in [2.05, 4.69) is 38.0 Å². The lowest BCUT2D eigenvalue weighted by Crippen LogP contribution is -2.17. The summed E-state index contributed by atoms with van der Waals surface area (Å²) in [5.74, 6) is 0.233. The Labute approximate surface area is 105 Å². The summed E-state index contributed by atoms with van der Waals surface area (Å²) < 4.78 is 7.18. The molecule has 0 aromatic carbocycles. The lowest BCUT2D eigenvalue weighted by molar-refractivity contribution is -0.119. The number of fused-ring (bicyclic) bond motifs is 1. The SMILES string of the molecule is COCC(=O)Nc1cn2nc(I)ccc2n1. The first-order valence-corrected chi connectivity index (χ1v) is 5.57. The molecule has 0 aliphatic rings. The average Bonchev–Trinajstić information content (AvgIpc) is 2.59. The van der Waals surface area contributed by atoms with E-state index in [1.807, 2.05) is 12.1 Å². The Balaban J connectivity index is 2.23. The minimum atomic E-state index is -0.236. The summed E-state index contributed by atoms with van der Waals surface area (Å²) in [5, 5.41) is 6.82. The molecule has 1 amide bonds. The summed E-state index contributed by atoms with van der Waals surface area (Å²) in [7, 11) is 1.47. The monoisotopic (exact) mass is 332 g/mol. The van der Waals surface area contributed by atoms with Gasteiger partial charge in [0, 0.05) is 7.11 Å². The number of carbonyl (C=O) groups is 1. The van der Waals surface area contributed by atoms with E-state index < -0.39 is 0 Å². The molecule has 0 saturated heterocycles. The zero-order valence-corrected chi connectivity index (χ0v) is 10.6. The molecule has 1 N–H and O–H groups in total. The van der Waals surface area contributed by atoms with E-state index in [1.165, 1.54) is 7.11 Å². The van der Waals surface area contributed by atoms with E-state index in [0.717, 1.165) is 3.70 Å². The number of hydrogen-bond acceptors (Lipinski definition) is 4. The highest BCUT2D eigenvalue weighted by Crippen LogP contribution is 2.09. The van der Waals surface area contributed by atoms with Crippen LogP contribution in [0, 0.1) is 3.70 Å². The van der Waals surface area contributed by atoms with Crippen molar-refractivity contribution < 1.29 is 9.53 Å². The third-order valence-electron chi connectivity index (χ3n) is 1.83. The molecule has 0 atom stereocenters. The third kappa shape index (κ3) is 2.47. The summed E-state index contributed by atoms with van der Waals surface area (Å²) in [4.78, 5) is 15.4. The van der Waals surface area contributed by atoms with Crippen LogP contribution in [0.5, 0.6) is 0 Å². The van der Waals surface area contributed by atoms with E-state index in [9.17, 15) is 4.79 Å². The first-order chi connectivity index (χ1) is 7.69. The van der Waals surface area contributed by atoms with Gasteiger partial charge in [-0.3, -0.25) is 4.79 Å². The van der Waals surface area contributed by atoms with Crippen LogP contribution in [-0.2, 0) is 9.53 Å². The van der Waals surface area contributed by atoms with E-state index in [1.54, 1.807) is 10.7 Å². The number of ether oxygens (including phenoxy) is 1. The first-order valence-electron chi connectivity index (χ1n) is 4.50. The summed E-state index contributed by atoms with van der Waals surface area (Å²) >= 11 is 2.11. The zero-order chi connectivity index (χ0) is 11.5. The summed E-state index contributed by atoms with van der Waals surface area (Å²) in [6.45, 7) is 0.0127. The molecule has 0 spiro atoms. The molecule has 7 heteroatoms. The van der Waals surface area contributed by atoms with Gasteiger partial charge in [-0.1, -0.05) is 0 Å². The predicted octanol–water partition coefficient (Wildman–Crippen LogP) is 0.919. The van der Waals surface area contributed by atoms with Gasteiger partial charge in [0.25, 0.3) is 5.91 Å². The molecule has 0 saturated carbocycles. The molecule has 2 heterocycles. The number of imidazole rings is 1. The van der Waals surface area contributed by atoms with Crippen LogP contribution in [0.25, 0.3) is 5.65 Å². The van der Waals surface area contributed by atoms with Crippen LogP contribution < -0.4 is 5.32 Å². The van der Waals surface area contributed by atoms with Crippen molar-refractivity contribution >= 4 is 40.0 Å². The minimum Gasteiger partial charge on any atom is -0.375 e. The average molecular weight is 332 g/mol.